The Hall–Kier alpha value is 0.260. The average Bonchev–Trinajstić information content (AvgIpc) is 2.72. The predicted molar refractivity (Wildman–Crippen MR) is 132 cm³/mol. The number of hydrogen-bond donors (Lipinski definition) is 2. The Labute approximate surface area is 194 Å². The molecule has 31 heavy (non-hydrogen) atoms. The van der Waals surface area contributed by atoms with E-state index in [9.17, 15) is 8.77 Å². The van der Waals surface area contributed by atoms with Crippen molar-refractivity contribution in [3.05, 3.63) is 0 Å². The fourth-order valence-electron chi connectivity index (χ4n) is 4.59. The molecule has 0 aromatic rings. The van der Waals surface area contributed by atoms with Crippen LogP contribution in [0.4, 0.5) is 0 Å². The summed E-state index contributed by atoms with van der Waals surface area (Å²) >= 11 is 0. The summed E-state index contributed by atoms with van der Waals surface area (Å²) in [6.45, 7) is 2.27. The van der Waals surface area contributed by atoms with Crippen LogP contribution in [0.15, 0.2) is 0 Å². The van der Waals surface area contributed by atoms with Gasteiger partial charge in [0, 0.05) is 21.8 Å². The van der Waals surface area contributed by atoms with Gasteiger partial charge in [-0.15, -0.1) is 0 Å². The summed E-state index contributed by atoms with van der Waals surface area (Å²) in [6, 6.07) is 0. The molecule has 3 atom stereocenters. The first-order valence-electron chi connectivity index (χ1n) is 13.0. The van der Waals surface area contributed by atoms with Crippen molar-refractivity contribution in [1.82, 2.24) is 0 Å². The van der Waals surface area contributed by atoms with Crippen molar-refractivity contribution < 1.29 is 23.1 Å². The Morgan fingerprint density at radius 1 is 0.774 bits per heavy atom. The molecule has 0 amide bonds. The van der Waals surface area contributed by atoms with Crippen molar-refractivity contribution in [2.24, 2.45) is 0 Å². The molecule has 3 unspecified atom stereocenters. The van der Waals surface area contributed by atoms with E-state index in [2.05, 4.69) is 6.92 Å². The first kappa shape index (κ1) is 29.3. The Morgan fingerprint density at radius 2 is 1.23 bits per heavy atom. The minimum atomic E-state index is -4.44. The van der Waals surface area contributed by atoms with Gasteiger partial charge in [0.25, 0.3) is 0 Å². The minimum Gasteiger partial charge on any atom is -0.303 e. The smallest absolute Gasteiger partial charge is 0.303 e. The molecule has 1 aliphatic rings. The monoisotopic (exact) mass is 480 g/mol. The Kier molecular flexibility index (Phi) is 17.6. The van der Waals surface area contributed by atoms with E-state index in [1.54, 1.807) is 0 Å². The summed E-state index contributed by atoms with van der Waals surface area (Å²) in [4.78, 5) is 17.9. The van der Waals surface area contributed by atoms with Crippen LogP contribution in [0.3, 0.4) is 0 Å². The quantitative estimate of drug-likeness (QED) is 0.140. The maximum Gasteiger partial charge on any atom is 0.469 e. The Balaban J connectivity index is 1.88. The molecule has 0 radical (unpaired) electrons. The van der Waals surface area contributed by atoms with E-state index >= 15 is 0 Å². The summed E-state index contributed by atoms with van der Waals surface area (Å²) in [5, 5.41) is 0.0293. The van der Waals surface area contributed by atoms with Crippen molar-refractivity contribution in [2.45, 2.75) is 147 Å². The second kappa shape index (κ2) is 18.7. The third kappa shape index (κ3) is 17.4. The van der Waals surface area contributed by atoms with Crippen LogP contribution in [0.1, 0.15) is 135 Å². The normalized spacial score (nSPS) is 20.7. The highest BCUT2D eigenvalue weighted by molar-refractivity contribution is 7.85. The lowest BCUT2D eigenvalue weighted by molar-refractivity contribution is 0.106. The lowest BCUT2D eigenvalue weighted by Gasteiger charge is -2.28. The molecule has 0 aliphatic heterocycles. The number of phosphoric ester groups is 1. The maximum atomic E-state index is 12.5. The van der Waals surface area contributed by atoms with Crippen molar-refractivity contribution in [3.8, 4) is 0 Å². The van der Waals surface area contributed by atoms with Crippen molar-refractivity contribution in [1.29, 1.82) is 0 Å². The molecular weight excluding hydrogens is 431 g/mol. The lowest BCUT2D eigenvalue weighted by atomic mass is 9.97. The number of phosphoric acid groups is 1. The van der Waals surface area contributed by atoms with Gasteiger partial charge >= 0.3 is 7.82 Å². The van der Waals surface area contributed by atoms with Gasteiger partial charge in [-0.2, -0.15) is 0 Å². The first-order valence-corrected chi connectivity index (χ1v) is 15.9. The zero-order chi connectivity index (χ0) is 22.8. The molecule has 1 rings (SSSR count). The summed E-state index contributed by atoms with van der Waals surface area (Å²) in [5.74, 6) is 0.714. The highest BCUT2D eigenvalue weighted by Crippen LogP contribution is 2.41. The first-order chi connectivity index (χ1) is 14.9. The minimum absolute atomic E-state index is 0.0293. The second-order valence-corrected chi connectivity index (χ2v) is 12.4. The van der Waals surface area contributed by atoms with Crippen LogP contribution >= 0.6 is 7.82 Å². The molecule has 0 aromatic heterocycles. The van der Waals surface area contributed by atoms with Gasteiger partial charge in [-0.25, -0.2) is 4.57 Å². The predicted octanol–water partition coefficient (Wildman–Crippen LogP) is 7.42. The van der Waals surface area contributed by atoms with Crippen LogP contribution in [0, 0.1) is 0 Å². The van der Waals surface area contributed by atoms with Gasteiger partial charge in [0.1, 0.15) is 0 Å². The van der Waals surface area contributed by atoms with E-state index in [1.807, 2.05) is 0 Å². The lowest BCUT2D eigenvalue weighted by Crippen LogP contribution is -2.29. The summed E-state index contributed by atoms with van der Waals surface area (Å²) < 4.78 is 28.4. The van der Waals surface area contributed by atoms with E-state index in [0.29, 0.717) is 18.6 Å². The van der Waals surface area contributed by atoms with Gasteiger partial charge in [0.05, 0.1) is 6.10 Å². The van der Waals surface area contributed by atoms with Gasteiger partial charge in [0.2, 0.25) is 0 Å². The van der Waals surface area contributed by atoms with Gasteiger partial charge in [0.15, 0.2) is 0 Å². The zero-order valence-corrected chi connectivity index (χ0v) is 21.7. The summed E-state index contributed by atoms with van der Waals surface area (Å²) in [6.07, 6.45) is 23.7. The van der Waals surface area contributed by atoms with Crippen LogP contribution in [0.25, 0.3) is 0 Å². The molecule has 2 N–H and O–H groups in total. The molecule has 0 heterocycles. The van der Waals surface area contributed by atoms with Crippen LogP contribution in [-0.4, -0.2) is 31.1 Å². The number of unbranched alkanes of at least 4 members (excludes halogenated alkanes) is 15. The van der Waals surface area contributed by atoms with Gasteiger partial charge in [-0.1, -0.05) is 103 Å². The van der Waals surface area contributed by atoms with Gasteiger partial charge in [-0.3, -0.25) is 8.73 Å². The summed E-state index contributed by atoms with van der Waals surface area (Å²) in [5.41, 5.74) is 0. The molecule has 1 fully saturated rings. The molecule has 0 aromatic carbocycles. The van der Waals surface area contributed by atoms with E-state index in [1.165, 1.54) is 89.9 Å². The Morgan fingerprint density at radius 3 is 1.68 bits per heavy atom. The van der Waals surface area contributed by atoms with Crippen LogP contribution < -0.4 is 0 Å². The molecule has 1 aliphatic carbocycles. The second-order valence-electron chi connectivity index (χ2n) is 9.39. The SMILES string of the molecule is CCCCCCCCCCCCCCCCCCS(=O)C1CCCC(OP(=O)(O)O)C1. The van der Waals surface area contributed by atoms with Crippen LogP contribution in [0.5, 0.6) is 0 Å². The van der Waals surface area contributed by atoms with Crippen molar-refractivity contribution in [3.63, 3.8) is 0 Å². The molecule has 0 spiro atoms. The molecule has 0 saturated heterocycles. The standard InChI is InChI=1S/C24H49O5PS/c1-2-3-4-5-6-7-8-9-10-11-12-13-14-15-16-17-21-31(28)24-20-18-19-23(22-24)29-30(25,26)27/h23-24H,2-22H2,1H3,(H2,25,26,27). The third-order valence-corrected chi connectivity index (χ3v) is 8.87. The molecule has 186 valence electrons. The molecular formula is C24H49O5PS. The van der Waals surface area contributed by atoms with Crippen molar-refractivity contribution in [2.75, 3.05) is 5.75 Å². The highest BCUT2D eigenvalue weighted by Gasteiger charge is 2.30. The van der Waals surface area contributed by atoms with Crippen molar-refractivity contribution >= 4 is 18.6 Å². The third-order valence-electron chi connectivity index (χ3n) is 6.44. The van der Waals surface area contributed by atoms with E-state index in [4.69, 9.17) is 14.3 Å². The Bertz CT molecular complexity index is 496. The highest BCUT2D eigenvalue weighted by atomic mass is 32.2. The molecule has 5 nitrogen and oxygen atoms in total. The summed E-state index contributed by atoms with van der Waals surface area (Å²) in [7, 11) is -5.35. The van der Waals surface area contributed by atoms with E-state index in [0.717, 1.165) is 25.7 Å². The van der Waals surface area contributed by atoms with Gasteiger partial charge in [-0.05, 0) is 32.1 Å². The molecule has 1 saturated carbocycles. The topological polar surface area (TPSA) is 83.8 Å². The molecule has 0 bridgehead atoms. The number of rotatable bonds is 20. The van der Waals surface area contributed by atoms with E-state index in [-0.39, 0.29) is 5.25 Å². The fourth-order valence-corrected chi connectivity index (χ4v) is 6.85. The fraction of sp³-hybridized carbons (Fsp3) is 1.00. The van der Waals surface area contributed by atoms with Gasteiger partial charge < -0.3 is 9.79 Å². The zero-order valence-electron chi connectivity index (χ0n) is 20.0. The van der Waals surface area contributed by atoms with Crippen LogP contribution in [-0.2, 0) is 19.9 Å². The van der Waals surface area contributed by atoms with Crippen LogP contribution in [0.2, 0.25) is 0 Å². The average molecular weight is 481 g/mol. The number of hydrogen-bond acceptors (Lipinski definition) is 3. The largest absolute Gasteiger partial charge is 0.469 e. The molecule has 7 heteroatoms. The maximum absolute atomic E-state index is 12.5. The van der Waals surface area contributed by atoms with E-state index < -0.39 is 24.7 Å².